The molecular formula is C24H24BrCl2NO3. The molecule has 0 aliphatic rings. The highest BCUT2D eigenvalue weighted by atomic mass is 79.9. The van der Waals surface area contributed by atoms with Crippen LogP contribution in [0.5, 0.6) is 17.2 Å². The van der Waals surface area contributed by atoms with E-state index in [0.29, 0.717) is 34.7 Å². The van der Waals surface area contributed by atoms with Gasteiger partial charge in [-0.25, -0.2) is 0 Å². The van der Waals surface area contributed by atoms with Crippen LogP contribution in [-0.4, -0.2) is 20.8 Å². The molecule has 0 saturated heterocycles. The number of hydrogen-bond acceptors (Lipinski definition) is 4. The van der Waals surface area contributed by atoms with Crippen molar-refractivity contribution in [1.29, 1.82) is 0 Å². The zero-order valence-corrected chi connectivity index (χ0v) is 20.5. The van der Waals surface area contributed by atoms with E-state index in [1.165, 1.54) is 5.56 Å². The van der Waals surface area contributed by atoms with Crippen LogP contribution in [0.25, 0.3) is 0 Å². The van der Waals surface area contributed by atoms with Crippen molar-refractivity contribution >= 4 is 39.1 Å². The first-order valence-corrected chi connectivity index (χ1v) is 11.3. The van der Waals surface area contributed by atoms with Gasteiger partial charge < -0.3 is 19.5 Å². The summed E-state index contributed by atoms with van der Waals surface area (Å²) in [6.07, 6.45) is 0.882. The minimum Gasteiger partial charge on any atom is -0.496 e. The van der Waals surface area contributed by atoms with Gasteiger partial charge in [-0.1, -0.05) is 47.5 Å². The number of hydrogen-bond donors (Lipinski definition) is 1. The van der Waals surface area contributed by atoms with Gasteiger partial charge in [0.25, 0.3) is 0 Å². The summed E-state index contributed by atoms with van der Waals surface area (Å²) in [4.78, 5) is 0. The van der Waals surface area contributed by atoms with Crippen molar-refractivity contribution in [2.75, 3.05) is 20.8 Å². The van der Waals surface area contributed by atoms with Crippen molar-refractivity contribution in [1.82, 2.24) is 5.32 Å². The summed E-state index contributed by atoms with van der Waals surface area (Å²) in [5, 5.41) is 4.49. The zero-order chi connectivity index (χ0) is 22.2. The van der Waals surface area contributed by atoms with E-state index in [0.717, 1.165) is 34.3 Å². The molecule has 0 aromatic heterocycles. The molecule has 4 nitrogen and oxygen atoms in total. The Morgan fingerprint density at radius 2 is 1.65 bits per heavy atom. The molecule has 0 spiro atoms. The van der Waals surface area contributed by atoms with Crippen molar-refractivity contribution in [2.45, 2.75) is 19.6 Å². The van der Waals surface area contributed by atoms with E-state index in [2.05, 4.69) is 27.3 Å². The Morgan fingerprint density at radius 3 is 2.39 bits per heavy atom. The van der Waals surface area contributed by atoms with Crippen LogP contribution in [0.15, 0.2) is 59.1 Å². The largest absolute Gasteiger partial charge is 0.496 e. The van der Waals surface area contributed by atoms with E-state index in [9.17, 15) is 0 Å². The van der Waals surface area contributed by atoms with Gasteiger partial charge in [0.05, 0.1) is 28.7 Å². The zero-order valence-electron chi connectivity index (χ0n) is 17.4. The van der Waals surface area contributed by atoms with Gasteiger partial charge in [-0.05, 0) is 75.9 Å². The summed E-state index contributed by atoms with van der Waals surface area (Å²) in [5.74, 6) is 2.22. The number of benzene rings is 3. The summed E-state index contributed by atoms with van der Waals surface area (Å²) in [6.45, 7) is 1.88. The predicted octanol–water partition coefficient (Wildman–Crippen LogP) is 6.68. The van der Waals surface area contributed by atoms with Gasteiger partial charge >= 0.3 is 0 Å². The second-order valence-corrected chi connectivity index (χ2v) is 8.55. The fraction of sp³-hybridized carbons (Fsp3) is 0.250. The molecule has 0 fully saturated rings. The molecule has 0 atom stereocenters. The lowest BCUT2D eigenvalue weighted by Gasteiger charge is -2.15. The van der Waals surface area contributed by atoms with Gasteiger partial charge in [-0.3, -0.25) is 0 Å². The first-order chi connectivity index (χ1) is 15.0. The predicted molar refractivity (Wildman–Crippen MR) is 130 cm³/mol. The van der Waals surface area contributed by atoms with Crippen LogP contribution in [0, 0.1) is 0 Å². The highest BCUT2D eigenvalue weighted by Crippen LogP contribution is 2.37. The standard InChI is InChI=1S/C24H24BrCl2NO3/c1-29-22-6-4-3-5-18(22)9-10-28-14-17-11-19(25)24(23(13-17)30-2)31-15-16-7-8-20(26)21(27)12-16/h3-8,11-13,28H,9-10,14-15H2,1-2H3. The van der Waals surface area contributed by atoms with Gasteiger partial charge in [0.2, 0.25) is 0 Å². The van der Waals surface area contributed by atoms with E-state index < -0.39 is 0 Å². The van der Waals surface area contributed by atoms with Gasteiger partial charge in [-0.2, -0.15) is 0 Å². The van der Waals surface area contributed by atoms with Crippen molar-refractivity contribution in [3.63, 3.8) is 0 Å². The summed E-state index contributed by atoms with van der Waals surface area (Å²) in [7, 11) is 3.33. The third-order valence-corrected chi connectivity index (χ3v) is 6.08. The van der Waals surface area contributed by atoms with Crippen molar-refractivity contribution in [3.8, 4) is 17.2 Å². The number of methoxy groups -OCH3 is 2. The van der Waals surface area contributed by atoms with E-state index in [1.807, 2.05) is 36.4 Å². The summed E-state index contributed by atoms with van der Waals surface area (Å²) in [6, 6.07) is 17.5. The van der Waals surface area contributed by atoms with Crippen LogP contribution in [0.1, 0.15) is 16.7 Å². The lowest BCUT2D eigenvalue weighted by atomic mass is 10.1. The number of halogens is 3. The van der Waals surface area contributed by atoms with Crippen molar-refractivity contribution < 1.29 is 14.2 Å². The maximum Gasteiger partial charge on any atom is 0.175 e. The third-order valence-electron chi connectivity index (χ3n) is 4.75. The van der Waals surface area contributed by atoms with Gasteiger partial charge in [0, 0.05) is 6.54 Å². The van der Waals surface area contributed by atoms with E-state index in [-0.39, 0.29) is 0 Å². The molecule has 31 heavy (non-hydrogen) atoms. The molecule has 7 heteroatoms. The molecule has 0 aliphatic heterocycles. The van der Waals surface area contributed by atoms with Crippen LogP contribution in [0.2, 0.25) is 10.0 Å². The molecular weight excluding hydrogens is 501 g/mol. The number of nitrogens with one attached hydrogen (secondary N) is 1. The molecule has 3 aromatic rings. The Hall–Kier alpha value is -1.92. The Balaban J connectivity index is 1.60. The highest BCUT2D eigenvalue weighted by molar-refractivity contribution is 9.10. The molecule has 0 bridgehead atoms. The third kappa shape index (κ3) is 6.53. The molecule has 0 aliphatic carbocycles. The topological polar surface area (TPSA) is 39.7 Å². The molecule has 0 radical (unpaired) electrons. The van der Waals surface area contributed by atoms with Crippen LogP contribution in [-0.2, 0) is 19.6 Å². The average Bonchev–Trinajstić information content (AvgIpc) is 2.78. The van der Waals surface area contributed by atoms with E-state index in [4.69, 9.17) is 37.4 Å². The van der Waals surface area contributed by atoms with Gasteiger partial charge in [0.1, 0.15) is 12.4 Å². The normalized spacial score (nSPS) is 10.7. The first kappa shape index (κ1) is 23.7. The molecule has 0 heterocycles. The average molecular weight is 525 g/mol. The molecule has 164 valence electrons. The van der Waals surface area contributed by atoms with Gasteiger partial charge in [0.15, 0.2) is 11.5 Å². The molecule has 0 amide bonds. The van der Waals surface area contributed by atoms with E-state index >= 15 is 0 Å². The lowest BCUT2D eigenvalue weighted by molar-refractivity contribution is 0.282. The lowest BCUT2D eigenvalue weighted by Crippen LogP contribution is -2.17. The highest BCUT2D eigenvalue weighted by Gasteiger charge is 2.13. The van der Waals surface area contributed by atoms with Crippen LogP contribution < -0.4 is 19.5 Å². The monoisotopic (exact) mass is 523 g/mol. The summed E-state index contributed by atoms with van der Waals surface area (Å²) >= 11 is 15.7. The van der Waals surface area contributed by atoms with Crippen molar-refractivity contribution in [2.24, 2.45) is 0 Å². The number of para-hydroxylation sites is 1. The Kier molecular flexibility index (Phi) is 8.90. The fourth-order valence-corrected chi connectivity index (χ4v) is 4.09. The SMILES string of the molecule is COc1ccccc1CCNCc1cc(Br)c(OCc2ccc(Cl)c(Cl)c2)c(OC)c1. The number of rotatable bonds is 10. The minimum atomic E-state index is 0.350. The van der Waals surface area contributed by atoms with Gasteiger partial charge in [-0.15, -0.1) is 0 Å². The van der Waals surface area contributed by atoms with Crippen LogP contribution in [0.3, 0.4) is 0 Å². The van der Waals surface area contributed by atoms with E-state index in [1.54, 1.807) is 26.4 Å². The summed E-state index contributed by atoms with van der Waals surface area (Å²) < 4.78 is 17.8. The van der Waals surface area contributed by atoms with Crippen LogP contribution >= 0.6 is 39.1 Å². The second-order valence-electron chi connectivity index (χ2n) is 6.88. The molecule has 0 unspecified atom stereocenters. The van der Waals surface area contributed by atoms with Crippen LogP contribution in [0.4, 0.5) is 0 Å². The quantitative estimate of drug-likeness (QED) is 0.300. The molecule has 1 N–H and O–H groups in total. The maximum absolute atomic E-state index is 6.09. The number of ether oxygens (including phenoxy) is 3. The van der Waals surface area contributed by atoms with Crippen molar-refractivity contribution in [3.05, 3.63) is 85.8 Å². The first-order valence-electron chi connectivity index (χ1n) is 9.77. The summed E-state index contributed by atoms with van der Waals surface area (Å²) in [5.41, 5.74) is 3.19. The minimum absolute atomic E-state index is 0.350. The Bertz CT molecular complexity index is 1030. The smallest absolute Gasteiger partial charge is 0.175 e. The second kappa shape index (κ2) is 11.6. The molecule has 3 aromatic carbocycles. The molecule has 0 saturated carbocycles. The fourth-order valence-electron chi connectivity index (χ4n) is 3.17. The maximum atomic E-state index is 6.09. The Labute approximate surface area is 201 Å². The molecule has 3 rings (SSSR count). The Morgan fingerprint density at radius 1 is 0.871 bits per heavy atom.